The first-order chi connectivity index (χ1) is 20.7. The molecule has 0 bridgehead atoms. The lowest BCUT2D eigenvalue weighted by Gasteiger charge is -2.23. The van der Waals surface area contributed by atoms with Gasteiger partial charge in [0.25, 0.3) is 5.91 Å². The van der Waals surface area contributed by atoms with Crippen LogP contribution in [0.25, 0.3) is 22.7 Å². The third-order valence-electron chi connectivity index (χ3n) is 7.38. The van der Waals surface area contributed by atoms with E-state index in [2.05, 4.69) is 4.98 Å². The lowest BCUT2D eigenvalue weighted by atomic mass is 10.0. The predicted molar refractivity (Wildman–Crippen MR) is 173 cm³/mol. The van der Waals surface area contributed by atoms with E-state index in [-0.39, 0.29) is 10.7 Å². The number of para-hydroxylation sites is 2. The van der Waals surface area contributed by atoms with Crippen LogP contribution in [0.3, 0.4) is 0 Å². The van der Waals surface area contributed by atoms with Crippen LogP contribution in [0.1, 0.15) is 27.9 Å². The van der Waals surface area contributed by atoms with E-state index in [1.54, 1.807) is 17.0 Å². The van der Waals surface area contributed by atoms with Crippen LogP contribution in [0.15, 0.2) is 83.9 Å². The molecule has 2 aromatic heterocycles. The highest BCUT2D eigenvalue weighted by Crippen LogP contribution is 2.39. The molecule has 2 N–H and O–H groups in total. The molecule has 0 aliphatic carbocycles. The van der Waals surface area contributed by atoms with Gasteiger partial charge in [-0.3, -0.25) is 9.69 Å². The van der Waals surface area contributed by atoms with Crippen molar-refractivity contribution >= 4 is 57.2 Å². The molecule has 0 spiro atoms. The van der Waals surface area contributed by atoms with Crippen LogP contribution in [0, 0.1) is 20.8 Å². The van der Waals surface area contributed by atoms with Gasteiger partial charge in [-0.05, 0) is 62.2 Å². The average Bonchev–Trinajstić information content (AvgIpc) is 3.63. The molecule has 216 valence electrons. The number of thioether (sulfide) groups is 1. The number of rotatable bonds is 8. The normalized spacial score (nSPS) is 15.0. The molecule has 1 saturated heterocycles. The monoisotopic (exact) mass is 608 g/mol. The Balaban J connectivity index is 1.38. The second-order valence-corrected chi connectivity index (χ2v) is 12.1. The Morgan fingerprint density at radius 3 is 2.58 bits per heavy atom. The number of hydrogen-bond acceptors (Lipinski definition) is 6. The molecule has 1 aliphatic rings. The number of carboxylic acids is 1. The molecular formula is C33H28N4O4S2. The van der Waals surface area contributed by atoms with Crippen LogP contribution >= 0.6 is 24.0 Å². The Morgan fingerprint density at radius 2 is 1.84 bits per heavy atom. The second-order valence-electron chi connectivity index (χ2n) is 10.4. The molecule has 6 rings (SSSR count). The Kier molecular flexibility index (Phi) is 7.64. The number of carbonyl (C=O) groups is 2. The van der Waals surface area contributed by atoms with Crippen LogP contribution in [-0.4, -0.2) is 47.0 Å². The van der Waals surface area contributed by atoms with Crippen molar-refractivity contribution in [1.29, 1.82) is 0 Å². The van der Waals surface area contributed by atoms with Crippen molar-refractivity contribution in [2.24, 2.45) is 0 Å². The first kappa shape index (κ1) is 28.4. The van der Waals surface area contributed by atoms with Crippen molar-refractivity contribution in [3.05, 3.63) is 112 Å². The molecule has 0 unspecified atom stereocenters. The summed E-state index contributed by atoms with van der Waals surface area (Å²) in [4.78, 5) is 31.0. The number of nitrogens with zero attached hydrogens (tertiary/aromatic N) is 3. The molecule has 1 aliphatic heterocycles. The van der Waals surface area contributed by atoms with E-state index in [1.165, 1.54) is 4.90 Å². The predicted octanol–water partition coefficient (Wildman–Crippen LogP) is 6.97. The number of carboxylic acid groups (broad SMARTS) is 1. The molecule has 10 heteroatoms. The number of aromatic amines is 1. The van der Waals surface area contributed by atoms with Crippen LogP contribution in [0.4, 0.5) is 0 Å². The first-order valence-corrected chi connectivity index (χ1v) is 14.9. The van der Waals surface area contributed by atoms with Gasteiger partial charge in [0.15, 0.2) is 0 Å². The largest absolute Gasteiger partial charge is 0.480 e. The molecule has 1 atom stereocenters. The zero-order valence-corrected chi connectivity index (χ0v) is 25.3. The molecule has 0 radical (unpaired) electrons. The van der Waals surface area contributed by atoms with Gasteiger partial charge in [0, 0.05) is 23.5 Å². The van der Waals surface area contributed by atoms with Gasteiger partial charge in [0.1, 0.15) is 16.1 Å². The Labute approximate surface area is 258 Å². The second kappa shape index (κ2) is 11.5. The van der Waals surface area contributed by atoms with E-state index >= 15 is 0 Å². The smallest absolute Gasteiger partial charge is 0.327 e. The number of aromatic nitrogens is 3. The summed E-state index contributed by atoms with van der Waals surface area (Å²) < 4.78 is 8.38. The molecule has 8 nitrogen and oxygen atoms in total. The van der Waals surface area contributed by atoms with E-state index in [0.29, 0.717) is 27.8 Å². The summed E-state index contributed by atoms with van der Waals surface area (Å²) in [6.45, 7) is 5.84. The molecule has 5 aromatic rings. The fourth-order valence-electron chi connectivity index (χ4n) is 5.22. The van der Waals surface area contributed by atoms with Crippen LogP contribution < -0.4 is 4.74 Å². The summed E-state index contributed by atoms with van der Waals surface area (Å²) >= 11 is 6.66. The van der Waals surface area contributed by atoms with Gasteiger partial charge in [-0.15, -0.1) is 0 Å². The molecule has 3 aromatic carbocycles. The average molecular weight is 609 g/mol. The summed E-state index contributed by atoms with van der Waals surface area (Å²) in [5.74, 6) is -0.495. The molecular weight excluding hydrogens is 581 g/mol. The van der Waals surface area contributed by atoms with Gasteiger partial charge >= 0.3 is 5.97 Å². The lowest BCUT2D eigenvalue weighted by Crippen LogP contribution is -2.45. The molecule has 1 amide bonds. The summed E-state index contributed by atoms with van der Waals surface area (Å²) in [6.07, 6.45) is 3.59. The minimum atomic E-state index is -1.17. The van der Waals surface area contributed by atoms with Crippen molar-refractivity contribution in [2.45, 2.75) is 33.2 Å². The third-order valence-corrected chi connectivity index (χ3v) is 8.71. The number of amides is 1. The van der Waals surface area contributed by atoms with Crippen LogP contribution in [0.2, 0.25) is 0 Å². The number of fused-ring (bicyclic) bond motifs is 1. The number of hydrogen-bond donors (Lipinski definition) is 2. The maximum atomic E-state index is 13.8. The Bertz CT molecular complexity index is 1930. The molecule has 3 heterocycles. The number of benzene rings is 3. The van der Waals surface area contributed by atoms with Crippen molar-refractivity contribution in [2.75, 3.05) is 0 Å². The van der Waals surface area contributed by atoms with Crippen molar-refractivity contribution < 1.29 is 19.4 Å². The highest BCUT2D eigenvalue weighted by Gasteiger charge is 2.41. The van der Waals surface area contributed by atoms with E-state index in [4.69, 9.17) is 22.1 Å². The lowest BCUT2D eigenvalue weighted by molar-refractivity contribution is -0.145. The molecule has 0 saturated carbocycles. The van der Waals surface area contributed by atoms with Gasteiger partial charge in [-0.25, -0.2) is 4.79 Å². The van der Waals surface area contributed by atoms with Crippen LogP contribution in [-0.2, 0) is 16.0 Å². The summed E-state index contributed by atoms with van der Waals surface area (Å²) in [7, 11) is 0. The molecule has 43 heavy (non-hydrogen) atoms. The maximum absolute atomic E-state index is 13.8. The van der Waals surface area contributed by atoms with E-state index in [0.717, 1.165) is 45.0 Å². The highest BCUT2D eigenvalue weighted by molar-refractivity contribution is 8.26. The summed E-state index contributed by atoms with van der Waals surface area (Å²) in [6, 6.07) is 22.0. The minimum Gasteiger partial charge on any atom is -0.480 e. The summed E-state index contributed by atoms with van der Waals surface area (Å²) in [5, 5.41) is 15.9. The van der Waals surface area contributed by atoms with Gasteiger partial charge < -0.3 is 14.8 Å². The van der Waals surface area contributed by atoms with E-state index in [9.17, 15) is 14.7 Å². The Morgan fingerprint density at radius 1 is 1.09 bits per heavy atom. The van der Waals surface area contributed by atoms with Gasteiger partial charge in [-0.1, -0.05) is 78.1 Å². The SMILES string of the molecule is Cc1ccc(Oc2c(/C=C3\SC(=S)N([C@@H](Cc4c[nH]c5ccccc45)C(=O)O)C3=O)c(C)nn2-c2ccccc2)c(C)c1. The van der Waals surface area contributed by atoms with Crippen molar-refractivity contribution in [3.8, 4) is 17.3 Å². The van der Waals surface area contributed by atoms with Gasteiger partial charge in [0.05, 0.1) is 21.8 Å². The Hall–Kier alpha value is -4.67. The standard InChI is InChI=1S/C33H28N4O4S2/c1-19-13-14-28(20(2)15-19)41-31-25(21(3)35-37(31)23-9-5-4-6-10-23)17-29-30(38)36(33(42)43-29)27(32(39)40)16-22-18-34-26-12-8-7-11-24(22)26/h4-15,17-18,27,34H,16H2,1-3H3,(H,39,40)/b29-17-/t27-/m0/s1. The minimum absolute atomic E-state index is 0.102. The van der Waals surface area contributed by atoms with Crippen molar-refractivity contribution in [1.82, 2.24) is 19.7 Å². The zero-order chi connectivity index (χ0) is 30.2. The molecule has 1 fully saturated rings. The number of thiocarbonyl (C=S) groups is 1. The van der Waals surface area contributed by atoms with E-state index in [1.807, 2.05) is 93.6 Å². The quantitative estimate of drug-likeness (QED) is 0.145. The van der Waals surface area contributed by atoms with Gasteiger partial charge in [0.2, 0.25) is 5.88 Å². The number of H-pyrrole nitrogens is 1. The number of aliphatic carboxylic acids is 1. The van der Waals surface area contributed by atoms with E-state index < -0.39 is 17.9 Å². The highest BCUT2D eigenvalue weighted by atomic mass is 32.2. The number of nitrogens with one attached hydrogen (secondary N) is 1. The fraction of sp³-hybridized carbons (Fsp3) is 0.152. The summed E-state index contributed by atoms with van der Waals surface area (Å²) in [5.41, 5.74) is 5.80. The van der Waals surface area contributed by atoms with Gasteiger partial charge in [-0.2, -0.15) is 9.78 Å². The fourth-order valence-corrected chi connectivity index (χ4v) is 6.56. The number of carbonyl (C=O) groups excluding carboxylic acids is 1. The third kappa shape index (κ3) is 5.47. The van der Waals surface area contributed by atoms with Crippen molar-refractivity contribution in [3.63, 3.8) is 0 Å². The first-order valence-electron chi connectivity index (χ1n) is 13.7. The van der Waals surface area contributed by atoms with Crippen LogP contribution in [0.5, 0.6) is 11.6 Å². The number of ether oxygens (including phenoxy) is 1. The zero-order valence-electron chi connectivity index (χ0n) is 23.7. The topological polar surface area (TPSA) is 100 Å². The maximum Gasteiger partial charge on any atom is 0.327 e. The number of aryl methyl sites for hydroxylation is 3.